The van der Waals surface area contributed by atoms with Gasteiger partial charge in [0.1, 0.15) is 6.67 Å². The molecule has 0 fully saturated rings. The van der Waals surface area contributed by atoms with Crippen LogP contribution in [0.2, 0.25) is 0 Å². The molecule has 0 aromatic carbocycles. The second kappa shape index (κ2) is 5.66. The van der Waals surface area contributed by atoms with Crippen LogP contribution < -0.4 is 5.32 Å². The molecule has 0 atom stereocenters. The third kappa shape index (κ3) is 3.44. The fraction of sp³-hybridized carbons (Fsp3) is 0.444. The fourth-order valence-electron chi connectivity index (χ4n) is 0.971. The predicted molar refractivity (Wildman–Crippen MR) is 46.8 cm³/mol. The molecule has 0 aliphatic carbocycles. The Kier molecular flexibility index (Phi) is 4.31. The van der Waals surface area contributed by atoms with Crippen molar-refractivity contribution in [3.05, 3.63) is 30.1 Å². The van der Waals surface area contributed by atoms with Gasteiger partial charge in [-0.25, -0.2) is 4.39 Å². The average molecular weight is 168 g/mol. The van der Waals surface area contributed by atoms with Crippen LogP contribution in [0.3, 0.4) is 0 Å². The van der Waals surface area contributed by atoms with Gasteiger partial charge in [-0.05, 0) is 24.6 Å². The molecule has 2 nitrogen and oxygen atoms in total. The maximum absolute atomic E-state index is 11.6. The van der Waals surface area contributed by atoms with Crippen molar-refractivity contribution in [2.24, 2.45) is 0 Å². The molecule has 0 saturated carbocycles. The maximum atomic E-state index is 11.6. The van der Waals surface area contributed by atoms with Gasteiger partial charge < -0.3 is 5.32 Å². The van der Waals surface area contributed by atoms with Crippen LogP contribution in [0.4, 0.5) is 4.39 Å². The molecule has 0 saturated heterocycles. The highest BCUT2D eigenvalue weighted by Crippen LogP contribution is 1.94. The molecule has 0 amide bonds. The van der Waals surface area contributed by atoms with Crippen LogP contribution in [-0.2, 0) is 6.42 Å². The van der Waals surface area contributed by atoms with Gasteiger partial charge in [0.05, 0.1) is 0 Å². The van der Waals surface area contributed by atoms with E-state index in [2.05, 4.69) is 10.3 Å². The summed E-state index contributed by atoms with van der Waals surface area (Å²) in [5.41, 5.74) is 1.18. The summed E-state index contributed by atoms with van der Waals surface area (Å²) in [7, 11) is 0. The van der Waals surface area contributed by atoms with Gasteiger partial charge in [0.15, 0.2) is 0 Å². The Labute approximate surface area is 71.8 Å². The van der Waals surface area contributed by atoms with E-state index in [0.29, 0.717) is 6.54 Å². The van der Waals surface area contributed by atoms with Gasteiger partial charge in [-0.1, -0.05) is 6.07 Å². The highest BCUT2D eigenvalue weighted by Gasteiger charge is 1.90. The summed E-state index contributed by atoms with van der Waals surface area (Å²) in [6.07, 6.45) is 4.49. The highest BCUT2D eigenvalue weighted by molar-refractivity contribution is 5.08. The zero-order valence-corrected chi connectivity index (χ0v) is 6.96. The smallest absolute Gasteiger partial charge is 0.102 e. The first-order chi connectivity index (χ1) is 5.93. The van der Waals surface area contributed by atoms with E-state index in [1.54, 1.807) is 6.20 Å². The minimum atomic E-state index is -0.299. The van der Waals surface area contributed by atoms with Crippen molar-refractivity contribution in [3.8, 4) is 0 Å². The van der Waals surface area contributed by atoms with Crippen LogP contribution in [0.25, 0.3) is 0 Å². The monoisotopic (exact) mass is 168 g/mol. The number of nitrogens with zero attached hydrogens (tertiary/aromatic N) is 1. The van der Waals surface area contributed by atoms with Gasteiger partial charge in [0.2, 0.25) is 0 Å². The molecule has 1 aromatic heterocycles. The number of nitrogens with one attached hydrogen (secondary N) is 1. The Balaban J connectivity index is 2.16. The Bertz CT molecular complexity index is 201. The SMILES string of the molecule is FCCNCCc1cccnc1. The second-order valence-corrected chi connectivity index (χ2v) is 2.55. The molecule has 0 unspecified atom stereocenters. The van der Waals surface area contributed by atoms with Crippen molar-refractivity contribution in [1.82, 2.24) is 10.3 Å². The van der Waals surface area contributed by atoms with Gasteiger partial charge in [0.25, 0.3) is 0 Å². The van der Waals surface area contributed by atoms with Gasteiger partial charge >= 0.3 is 0 Å². The Morgan fingerprint density at radius 3 is 3.00 bits per heavy atom. The molecule has 1 N–H and O–H groups in total. The second-order valence-electron chi connectivity index (χ2n) is 2.55. The normalized spacial score (nSPS) is 10.1. The molecule has 0 bridgehead atoms. The lowest BCUT2D eigenvalue weighted by atomic mass is 10.2. The predicted octanol–water partition coefficient (Wildman–Crippen LogP) is 1.18. The van der Waals surface area contributed by atoms with Gasteiger partial charge in [-0.3, -0.25) is 4.98 Å². The van der Waals surface area contributed by atoms with E-state index in [-0.39, 0.29) is 6.67 Å². The fourth-order valence-corrected chi connectivity index (χ4v) is 0.971. The minimum Gasteiger partial charge on any atom is -0.314 e. The van der Waals surface area contributed by atoms with Crippen LogP contribution in [0.15, 0.2) is 24.5 Å². The number of hydrogen-bond donors (Lipinski definition) is 1. The Hall–Kier alpha value is -0.960. The van der Waals surface area contributed by atoms with E-state index in [9.17, 15) is 4.39 Å². The van der Waals surface area contributed by atoms with E-state index in [0.717, 1.165) is 13.0 Å². The largest absolute Gasteiger partial charge is 0.314 e. The first kappa shape index (κ1) is 9.13. The van der Waals surface area contributed by atoms with Gasteiger partial charge in [-0.2, -0.15) is 0 Å². The lowest BCUT2D eigenvalue weighted by Gasteiger charge is -2.00. The molecule has 0 aliphatic rings. The lowest BCUT2D eigenvalue weighted by molar-refractivity contribution is 0.468. The van der Waals surface area contributed by atoms with Crippen LogP contribution >= 0.6 is 0 Å². The molecule has 1 aromatic rings. The quantitative estimate of drug-likeness (QED) is 0.668. The summed E-state index contributed by atoms with van der Waals surface area (Å²) in [5, 5.41) is 2.98. The van der Waals surface area contributed by atoms with Crippen molar-refractivity contribution in [1.29, 1.82) is 0 Å². The van der Waals surface area contributed by atoms with Crippen LogP contribution in [0.5, 0.6) is 0 Å². The molecular weight excluding hydrogens is 155 g/mol. The van der Waals surface area contributed by atoms with Gasteiger partial charge in [0, 0.05) is 18.9 Å². The Morgan fingerprint density at radius 2 is 2.33 bits per heavy atom. The zero-order chi connectivity index (χ0) is 8.65. The van der Waals surface area contributed by atoms with Gasteiger partial charge in [-0.15, -0.1) is 0 Å². The van der Waals surface area contributed by atoms with Crippen LogP contribution in [0, 0.1) is 0 Å². The van der Waals surface area contributed by atoms with Crippen molar-refractivity contribution in [2.75, 3.05) is 19.8 Å². The van der Waals surface area contributed by atoms with E-state index in [4.69, 9.17) is 0 Å². The summed E-state index contributed by atoms with van der Waals surface area (Å²) in [5.74, 6) is 0. The number of aromatic nitrogens is 1. The van der Waals surface area contributed by atoms with E-state index in [1.165, 1.54) is 5.56 Å². The number of halogens is 1. The molecule has 3 heteroatoms. The third-order valence-electron chi connectivity index (χ3n) is 1.58. The number of rotatable bonds is 5. The first-order valence-electron chi connectivity index (χ1n) is 4.09. The van der Waals surface area contributed by atoms with Crippen molar-refractivity contribution >= 4 is 0 Å². The average Bonchev–Trinajstić information content (AvgIpc) is 2.14. The van der Waals surface area contributed by atoms with E-state index in [1.807, 2.05) is 18.3 Å². The van der Waals surface area contributed by atoms with Crippen LogP contribution in [0.1, 0.15) is 5.56 Å². The molecule has 12 heavy (non-hydrogen) atoms. The van der Waals surface area contributed by atoms with Crippen molar-refractivity contribution in [3.63, 3.8) is 0 Å². The van der Waals surface area contributed by atoms with E-state index < -0.39 is 0 Å². The molecular formula is C9H13FN2. The molecule has 0 radical (unpaired) electrons. The summed E-state index contributed by atoms with van der Waals surface area (Å²) in [6.45, 7) is 0.961. The summed E-state index contributed by atoms with van der Waals surface area (Å²) in [4.78, 5) is 3.98. The third-order valence-corrected chi connectivity index (χ3v) is 1.58. The van der Waals surface area contributed by atoms with Crippen molar-refractivity contribution < 1.29 is 4.39 Å². The van der Waals surface area contributed by atoms with Crippen LogP contribution in [-0.4, -0.2) is 24.7 Å². The Morgan fingerprint density at radius 1 is 1.42 bits per heavy atom. The highest BCUT2D eigenvalue weighted by atomic mass is 19.1. The molecule has 0 spiro atoms. The number of alkyl halides is 1. The molecule has 66 valence electrons. The molecule has 0 aliphatic heterocycles. The first-order valence-corrected chi connectivity index (χ1v) is 4.09. The zero-order valence-electron chi connectivity index (χ0n) is 6.96. The maximum Gasteiger partial charge on any atom is 0.102 e. The summed E-state index contributed by atoms with van der Waals surface area (Å²) >= 11 is 0. The summed E-state index contributed by atoms with van der Waals surface area (Å²) < 4.78 is 11.6. The lowest BCUT2D eigenvalue weighted by Crippen LogP contribution is -2.19. The topological polar surface area (TPSA) is 24.9 Å². The molecule has 1 heterocycles. The standard InChI is InChI=1S/C9H13FN2/c10-4-7-11-6-3-9-2-1-5-12-8-9/h1-2,5,8,11H,3-4,6-7H2. The minimum absolute atomic E-state index is 0.299. The van der Waals surface area contributed by atoms with Crippen molar-refractivity contribution in [2.45, 2.75) is 6.42 Å². The number of hydrogen-bond acceptors (Lipinski definition) is 2. The van der Waals surface area contributed by atoms with E-state index >= 15 is 0 Å². The molecule has 1 rings (SSSR count). The number of pyridine rings is 1. The summed E-state index contributed by atoms with van der Waals surface area (Å²) in [6, 6.07) is 3.93.